The van der Waals surface area contributed by atoms with Crippen LogP contribution in [0.2, 0.25) is 0 Å². The summed E-state index contributed by atoms with van der Waals surface area (Å²) in [6, 6.07) is 14.6. The van der Waals surface area contributed by atoms with Crippen molar-refractivity contribution >= 4 is 17.4 Å². The first-order valence-electron chi connectivity index (χ1n) is 6.74. The number of aliphatic hydroxyl groups is 1. The number of carbonyl (C=O) groups is 2. The number of benzene rings is 2. The van der Waals surface area contributed by atoms with Gasteiger partial charge in [-0.1, -0.05) is 36.4 Å². The van der Waals surface area contributed by atoms with Crippen LogP contribution in [0, 0.1) is 0 Å². The second kappa shape index (κ2) is 5.14. The molecule has 1 amide bonds. The molecular formula is C17H15NO3. The summed E-state index contributed by atoms with van der Waals surface area (Å²) >= 11 is 0. The fourth-order valence-corrected chi connectivity index (χ4v) is 2.79. The van der Waals surface area contributed by atoms with E-state index in [1.807, 2.05) is 30.3 Å². The maximum Gasteiger partial charge on any atom is 0.238 e. The molecule has 0 aliphatic carbocycles. The lowest BCUT2D eigenvalue weighted by atomic mass is 9.91. The zero-order valence-corrected chi connectivity index (χ0v) is 11.6. The van der Waals surface area contributed by atoms with Gasteiger partial charge in [-0.2, -0.15) is 0 Å². The SMILES string of the molecule is CN1C(=O)C(c2cccc(C(=O)CO)c2)c2ccccc21. The number of likely N-dealkylation sites (N-methyl/N-ethyl adjacent to an activating group) is 1. The quantitative estimate of drug-likeness (QED) is 0.875. The van der Waals surface area contributed by atoms with E-state index in [-0.39, 0.29) is 11.7 Å². The van der Waals surface area contributed by atoms with Crippen molar-refractivity contribution in [1.29, 1.82) is 0 Å². The number of hydrogen-bond acceptors (Lipinski definition) is 3. The standard InChI is InChI=1S/C17H15NO3/c1-18-14-8-3-2-7-13(14)16(17(18)21)12-6-4-5-11(9-12)15(20)10-19/h2-9,16,19H,10H2,1H3. The molecule has 2 aromatic carbocycles. The number of amides is 1. The summed E-state index contributed by atoms with van der Waals surface area (Å²) in [4.78, 5) is 25.8. The molecule has 1 N–H and O–H groups in total. The van der Waals surface area contributed by atoms with Crippen LogP contribution in [0.3, 0.4) is 0 Å². The van der Waals surface area contributed by atoms with Crippen LogP contribution in [0.25, 0.3) is 0 Å². The van der Waals surface area contributed by atoms with E-state index in [0.717, 1.165) is 16.8 Å². The van der Waals surface area contributed by atoms with Gasteiger partial charge >= 0.3 is 0 Å². The average molecular weight is 281 g/mol. The molecule has 0 aromatic heterocycles. The van der Waals surface area contributed by atoms with Gasteiger partial charge in [-0.3, -0.25) is 9.59 Å². The highest BCUT2D eigenvalue weighted by Gasteiger charge is 2.35. The number of nitrogens with zero attached hydrogens (tertiary/aromatic N) is 1. The maximum atomic E-state index is 12.5. The summed E-state index contributed by atoms with van der Waals surface area (Å²) in [7, 11) is 1.75. The van der Waals surface area contributed by atoms with E-state index in [1.54, 1.807) is 30.1 Å². The van der Waals surface area contributed by atoms with Crippen LogP contribution in [0.5, 0.6) is 0 Å². The molecule has 3 rings (SSSR count). The van der Waals surface area contributed by atoms with Crippen molar-refractivity contribution in [2.45, 2.75) is 5.92 Å². The number of anilines is 1. The monoisotopic (exact) mass is 281 g/mol. The molecule has 21 heavy (non-hydrogen) atoms. The molecule has 0 fully saturated rings. The summed E-state index contributed by atoms with van der Waals surface area (Å²) in [5.41, 5.74) is 3.04. The molecule has 1 unspecified atom stereocenters. The van der Waals surface area contributed by atoms with Gasteiger partial charge < -0.3 is 10.0 Å². The van der Waals surface area contributed by atoms with Gasteiger partial charge in [0.1, 0.15) is 6.61 Å². The molecule has 0 saturated heterocycles. The molecule has 0 bridgehead atoms. The molecule has 0 spiro atoms. The van der Waals surface area contributed by atoms with Crippen LogP contribution in [0.4, 0.5) is 5.69 Å². The minimum atomic E-state index is -0.529. The van der Waals surface area contributed by atoms with E-state index >= 15 is 0 Å². The number of fused-ring (bicyclic) bond motifs is 1. The Labute approximate surface area is 122 Å². The zero-order chi connectivity index (χ0) is 15.0. The van der Waals surface area contributed by atoms with Crippen molar-refractivity contribution in [3.63, 3.8) is 0 Å². The van der Waals surface area contributed by atoms with E-state index in [2.05, 4.69) is 0 Å². The third kappa shape index (κ3) is 2.14. The number of carbonyl (C=O) groups excluding carboxylic acids is 2. The van der Waals surface area contributed by atoms with E-state index in [0.29, 0.717) is 5.56 Å². The van der Waals surface area contributed by atoms with E-state index in [1.165, 1.54) is 0 Å². The number of Topliss-reactive ketones (excluding diaryl/α,β-unsaturated/α-hetero) is 1. The highest BCUT2D eigenvalue weighted by molar-refractivity contribution is 6.07. The van der Waals surface area contributed by atoms with Crippen LogP contribution in [-0.4, -0.2) is 30.5 Å². The summed E-state index contributed by atoms with van der Waals surface area (Å²) in [5, 5.41) is 8.97. The fraction of sp³-hybridized carbons (Fsp3) is 0.176. The number of hydrogen-bond donors (Lipinski definition) is 1. The van der Waals surface area contributed by atoms with Crippen molar-refractivity contribution in [2.24, 2.45) is 0 Å². The van der Waals surface area contributed by atoms with Gasteiger partial charge in [0.15, 0.2) is 5.78 Å². The Kier molecular flexibility index (Phi) is 3.31. The Balaban J connectivity index is 2.09. The van der Waals surface area contributed by atoms with Crippen molar-refractivity contribution in [3.05, 3.63) is 65.2 Å². The van der Waals surface area contributed by atoms with E-state index in [4.69, 9.17) is 5.11 Å². The average Bonchev–Trinajstić information content (AvgIpc) is 2.78. The Morgan fingerprint density at radius 1 is 1.19 bits per heavy atom. The third-order valence-corrected chi connectivity index (χ3v) is 3.87. The number of aliphatic hydroxyl groups excluding tert-OH is 1. The second-order valence-corrected chi connectivity index (χ2v) is 5.10. The predicted molar refractivity (Wildman–Crippen MR) is 79.6 cm³/mol. The molecule has 4 nitrogen and oxygen atoms in total. The van der Waals surface area contributed by atoms with Gasteiger partial charge in [-0.05, 0) is 23.3 Å². The smallest absolute Gasteiger partial charge is 0.238 e. The molecule has 0 saturated carbocycles. The van der Waals surface area contributed by atoms with Crippen molar-refractivity contribution in [3.8, 4) is 0 Å². The van der Waals surface area contributed by atoms with E-state index < -0.39 is 12.5 Å². The van der Waals surface area contributed by atoms with Crippen LogP contribution < -0.4 is 4.90 Å². The minimum Gasteiger partial charge on any atom is -0.388 e. The number of para-hydroxylation sites is 1. The summed E-state index contributed by atoms with van der Waals surface area (Å²) < 4.78 is 0. The maximum absolute atomic E-state index is 12.5. The van der Waals surface area contributed by atoms with Crippen molar-refractivity contribution in [1.82, 2.24) is 0 Å². The van der Waals surface area contributed by atoms with Crippen LogP contribution in [0.15, 0.2) is 48.5 Å². The highest BCUT2D eigenvalue weighted by Crippen LogP contribution is 2.40. The van der Waals surface area contributed by atoms with Gasteiger partial charge in [0.25, 0.3) is 0 Å². The predicted octanol–water partition coefficient (Wildman–Crippen LogP) is 1.97. The summed E-state index contributed by atoms with van der Waals surface area (Å²) in [5.74, 6) is -0.744. The zero-order valence-electron chi connectivity index (χ0n) is 11.6. The van der Waals surface area contributed by atoms with Gasteiger partial charge in [-0.25, -0.2) is 0 Å². The Bertz CT molecular complexity index is 723. The Morgan fingerprint density at radius 2 is 1.95 bits per heavy atom. The molecule has 106 valence electrons. The first kappa shape index (κ1) is 13.5. The van der Waals surface area contributed by atoms with Gasteiger partial charge in [0.05, 0.1) is 5.92 Å². The van der Waals surface area contributed by atoms with E-state index in [9.17, 15) is 9.59 Å². The van der Waals surface area contributed by atoms with Gasteiger partial charge in [0, 0.05) is 18.3 Å². The molecular weight excluding hydrogens is 266 g/mol. The largest absolute Gasteiger partial charge is 0.388 e. The molecule has 1 heterocycles. The van der Waals surface area contributed by atoms with Gasteiger partial charge in [-0.15, -0.1) is 0 Å². The molecule has 1 atom stereocenters. The normalized spacial score (nSPS) is 17.0. The van der Waals surface area contributed by atoms with Crippen LogP contribution in [0.1, 0.15) is 27.4 Å². The number of rotatable bonds is 3. The van der Waals surface area contributed by atoms with Crippen molar-refractivity contribution in [2.75, 3.05) is 18.6 Å². The topological polar surface area (TPSA) is 57.6 Å². The highest BCUT2D eigenvalue weighted by atomic mass is 16.3. The summed E-state index contributed by atoms with van der Waals surface area (Å²) in [6.45, 7) is -0.529. The molecule has 0 radical (unpaired) electrons. The lowest BCUT2D eigenvalue weighted by molar-refractivity contribution is -0.118. The fourth-order valence-electron chi connectivity index (χ4n) is 2.79. The first-order chi connectivity index (χ1) is 10.1. The van der Waals surface area contributed by atoms with Crippen LogP contribution in [-0.2, 0) is 4.79 Å². The summed E-state index contributed by atoms with van der Waals surface area (Å²) in [6.07, 6.45) is 0. The molecule has 1 aliphatic rings. The first-order valence-corrected chi connectivity index (χ1v) is 6.74. The lowest BCUT2D eigenvalue weighted by Gasteiger charge is -2.12. The Morgan fingerprint density at radius 3 is 2.71 bits per heavy atom. The minimum absolute atomic E-state index is 0.00945. The van der Waals surface area contributed by atoms with Crippen molar-refractivity contribution < 1.29 is 14.7 Å². The molecule has 1 aliphatic heterocycles. The lowest BCUT2D eigenvalue weighted by Crippen LogP contribution is -2.24. The second-order valence-electron chi connectivity index (χ2n) is 5.10. The molecule has 2 aromatic rings. The Hall–Kier alpha value is -2.46. The van der Waals surface area contributed by atoms with Crippen LogP contribution >= 0.6 is 0 Å². The number of ketones is 1. The van der Waals surface area contributed by atoms with Gasteiger partial charge in [0.2, 0.25) is 5.91 Å². The third-order valence-electron chi connectivity index (χ3n) is 3.87. The molecule has 4 heteroatoms.